The van der Waals surface area contributed by atoms with Crippen LogP contribution in [0.3, 0.4) is 0 Å². The van der Waals surface area contributed by atoms with Crippen LogP contribution in [0.15, 0.2) is 18.2 Å². The molecule has 0 aliphatic rings. The van der Waals surface area contributed by atoms with Gasteiger partial charge in [-0.05, 0) is 40.8 Å². The van der Waals surface area contributed by atoms with Crippen molar-refractivity contribution in [2.24, 2.45) is 0 Å². The smallest absolute Gasteiger partial charge is 0.406 e. The van der Waals surface area contributed by atoms with E-state index in [4.69, 9.17) is 0 Å². The topological polar surface area (TPSA) is 26.3 Å². The molecule has 0 aliphatic heterocycles. The third kappa shape index (κ3) is 4.28. The van der Waals surface area contributed by atoms with E-state index in [9.17, 15) is 18.0 Å². The average molecular weight is 409 g/mol. The summed E-state index contributed by atoms with van der Waals surface area (Å²) in [4.78, 5) is 11.3. The number of ether oxygens (including phenoxy) is 1. The van der Waals surface area contributed by atoms with Crippen LogP contribution >= 0.6 is 38.5 Å². The normalized spacial score (nSPS) is 11.3. The van der Waals surface area contributed by atoms with Crippen molar-refractivity contribution in [3.8, 4) is 5.75 Å². The molecule has 1 aromatic carbocycles. The number of hydrogen-bond donors (Lipinski definition) is 0. The van der Waals surface area contributed by atoms with Crippen LogP contribution in [-0.4, -0.2) is 17.5 Å². The zero-order valence-electron chi connectivity index (χ0n) is 7.65. The van der Waals surface area contributed by atoms with Crippen molar-refractivity contribution >= 4 is 44.3 Å². The van der Waals surface area contributed by atoms with E-state index in [0.717, 1.165) is 6.07 Å². The first-order valence-corrected chi connectivity index (χ1v) is 6.17. The van der Waals surface area contributed by atoms with Gasteiger partial charge in [0.25, 0.3) is 0 Å². The van der Waals surface area contributed by atoms with E-state index >= 15 is 0 Å². The molecule has 0 atom stereocenters. The van der Waals surface area contributed by atoms with Gasteiger partial charge in [-0.2, -0.15) is 0 Å². The van der Waals surface area contributed by atoms with Crippen LogP contribution < -0.4 is 4.74 Å². The highest BCUT2D eigenvalue weighted by Crippen LogP contribution is 2.26. The summed E-state index contributed by atoms with van der Waals surface area (Å²) in [5, 5.41) is 0.0541. The Balaban J connectivity index is 3.03. The monoisotopic (exact) mass is 408 g/mol. The SMILES string of the molecule is O=C(CBr)c1cc(I)cc(OC(F)(F)F)c1. The van der Waals surface area contributed by atoms with Crippen LogP contribution in [0.4, 0.5) is 13.2 Å². The summed E-state index contributed by atoms with van der Waals surface area (Å²) in [5.74, 6) is -0.686. The van der Waals surface area contributed by atoms with E-state index in [2.05, 4.69) is 20.7 Å². The number of halogens is 5. The van der Waals surface area contributed by atoms with Crippen LogP contribution in [0.25, 0.3) is 0 Å². The zero-order valence-corrected chi connectivity index (χ0v) is 11.4. The number of hydrogen-bond acceptors (Lipinski definition) is 2. The van der Waals surface area contributed by atoms with Crippen LogP contribution in [0.2, 0.25) is 0 Å². The van der Waals surface area contributed by atoms with Gasteiger partial charge in [0, 0.05) is 9.13 Å². The minimum Gasteiger partial charge on any atom is -0.406 e. The third-order valence-electron chi connectivity index (χ3n) is 1.55. The number of ketones is 1. The fourth-order valence-corrected chi connectivity index (χ4v) is 1.96. The van der Waals surface area contributed by atoms with Gasteiger partial charge < -0.3 is 4.74 Å². The van der Waals surface area contributed by atoms with E-state index in [1.54, 1.807) is 0 Å². The van der Waals surface area contributed by atoms with Gasteiger partial charge in [0.05, 0.1) is 5.33 Å². The van der Waals surface area contributed by atoms with Crippen molar-refractivity contribution in [2.45, 2.75) is 6.36 Å². The zero-order chi connectivity index (χ0) is 12.3. The fourth-order valence-electron chi connectivity index (χ4n) is 0.993. The number of rotatable bonds is 3. The molecular formula is C9H5BrF3IO2. The largest absolute Gasteiger partial charge is 0.573 e. The third-order valence-corrected chi connectivity index (χ3v) is 2.68. The molecule has 0 spiro atoms. The van der Waals surface area contributed by atoms with Crippen molar-refractivity contribution in [1.29, 1.82) is 0 Å². The van der Waals surface area contributed by atoms with Crippen molar-refractivity contribution in [2.75, 3.05) is 5.33 Å². The molecule has 7 heteroatoms. The standard InChI is InChI=1S/C9H5BrF3IO2/c10-4-8(15)5-1-6(14)3-7(2-5)16-9(11,12)13/h1-3H,4H2. The summed E-state index contributed by atoms with van der Waals surface area (Å²) in [5.41, 5.74) is 0.183. The molecule has 0 aliphatic carbocycles. The highest BCUT2D eigenvalue weighted by atomic mass is 127. The Morgan fingerprint density at radius 1 is 1.38 bits per heavy atom. The molecule has 0 amide bonds. The van der Waals surface area contributed by atoms with E-state index < -0.39 is 6.36 Å². The quantitative estimate of drug-likeness (QED) is 0.432. The number of Topliss-reactive ketones (excluding diaryl/α,β-unsaturated/α-hetero) is 1. The molecule has 2 nitrogen and oxygen atoms in total. The first-order valence-electron chi connectivity index (χ1n) is 3.97. The minimum absolute atomic E-state index is 0.0541. The highest BCUT2D eigenvalue weighted by molar-refractivity contribution is 14.1. The maximum Gasteiger partial charge on any atom is 0.573 e. The molecule has 0 saturated carbocycles. The summed E-state index contributed by atoms with van der Waals surface area (Å²) < 4.78 is 40.2. The lowest BCUT2D eigenvalue weighted by Crippen LogP contribution is -2.17. The van der Waals surface area contributed by atoms with E-state index in [-0.39, 0.29) is 22.4 Å². The van der Waals surface area contributed by atoms with Gasteiger partial charge in [0.1, 0.15) is 5.75 Å². The summed E-state index contributed by atoms with van der Waals surface area (Å²) >= 11 is 4.76. The predicted octanol–water partition coefficient (Wildman–Crippen LogP) is 3.77. The minimum atomic E-state index is -4.75. The van der Waals surface area contributed by atoms with Gasteiger partial charge in [0.2, 0.25) is 0 Å². The van der Waals surface area contributed by atoms with Crippen LogP contribution in [0.1, 0.15) is 10.4 Å². The van der Waals surface area contributed by atoms with Crippen molar-refractivity contribution in [3.63, 3.8) is 0 Å². The molecule has 0 aromatic heterocycles. The second-order valence-electron chi connectivity index (χ2n) is 2.78. The van der Waals surface area contributed by atoms with Gasteiger partial charge in [-0.3, -0.25) is 4.79 Å². The summed E-state index contributed by atoms with van der Waals surface area (Å²) in [7, 11) is 0. The van der Waals surface area contributed by atoms with Gasteiger partial charge in [0.15, 0.2) is 5.78 Å². The second-order valence-corrected chi connectivity index (χ2v) is 4.59. The Morgan fingerprint density at radius 3 is 2.50 bits per heavy atom. The Bertz CT molecular complexity index is 406. The summed E-state index contributed by atoms with van der Waals surface area (Å²) in [6.45, 7) is 0. The molecule has 0 N–H and O–H groups in total. The highest BCUT2D eigenvalue weighted by Gasteiger charge is 2.31. The lowest BCUT2D eigenvalue weighted by atomic mass is 10.1. The molecule has 0 heterocycles. The first kappa shape index (κ1) is 13.8. The molecule has 0 saturated heterocycles. The number of carbonyl (C=O) groups excluding carboxylic acids is 1. The van der Waals surface area contributed by atoms with Gasteiger partial charge in [-0.25, -0.2) is 0 Å². The second kappa shape index (κ2) is 5.35. The van der Waals surface area contributed by atoms with Crippen molar-refractivity contribution < 1.29 is 22.7 Å². The predicted molar refractivity (Wildman–Crippen MR) is 64.0 cm³/mol. The van der Waals surface area contributed by atoms with Crippen LogP contribution in [0, 0.1) is 3.57 Å². The Morgan fingerprint density at radius 2 is 2.00 bits per heavy atom. The lowest BCUT2D eigenvalue weighted by molar-refractivity contribution is -0.274. The van der Waals surface area contributed by atoms with Crippen LogP contribution in [0.5, 0.6) is 5.75 Å². The maximum absolute atomic E-state index is 12.0. The molecule has 16 heavy (non-hydrogen) atoms. The molecule has 0 unspecified atom stereocenters. The maximum atomic E-state index is 12.0. The molecule has 1 aromatic rings. The Labute approximate surface area is 111 Å². The fraction of sp³-hybridized carbons (Fsp3) is 0.222. The Kier molecular flexibility index (Phi) is 4.60. The molecule has 0 fully saturated rings. The van der Waals surface area contributed by atoms with Crippen molar-refractivity contribution in [1.82, 2.24) is 0 Å². The molecule has 0 bridgehead atoms. The lowest BCUT2D eigenvalue weighted by Gasteiger charge is -2.10. The number of benzene rings is 1. The van der Waals surface area contributed by atoms with Gasteiger partial charge in [-0.1, -0.05) is 15.9 Å². The van der Waals surface area contributed by atoms with Crippen molar-refractivity contribution in [3.05, 3.63) is 27.3 Å². The summed E-state index contributed by atoms with van der Waals surface area (Å²) in [6.07, 6.45) is -4.75. The van der Waals surface area contributed by atoms with Gasteiger partial charge >= 0.3 is 6.36 Å². The average Bonchev–Trinajstić information content (AvgIpc) is 2.12. The van der Waals surface area contributed by atoms with E-state index in [1.807, 2.05) is 22.6 Å². The molecule has 0 radical (unpaired) electrons. The molecule has 1 rings (SSSR count). The molecule has 88 valence electrons. The summed E-state index contributed by atoms with van der Waals surface area (Å²) in [6, 6.07) is 3.77. The number of alkyl halides is 4. The van der Waals surface area contributed by atoms with E-state index in [0.29, 0.717) is 3.57 Å². The first-order chi connectivity index (χ1) is 7.31. The Hall–Kier alpha value is -0.310. The van der Waals surface area contributed by atoms with Gasteiger partial charge in [-0.15, -0.1) is 13.2 Å². The molecular weight excluding hydrogens is 404 g/mol. The number of carbonyl (C=O) groups is 1. The van der Waals surface area contributed by atoms with E-state index in [1.165, 1.54) is 12.1 Å². The van der Waals surface area contributed by atoms with Crippen LogP contribution in [-0.2, 0) is 0 Å².